The Labute approximate surface area is 140 Å². The number of nitrogens with zero attached hydrogens (tertiary/aromatic N) is 1. The maximum absolute atomic E-state index is 9.35. The Bertz CT molecular complexity index is 815. The van der Waals surface area contributed by atoms with Crippen molar-refractivity contribution in [3.05, 3.63) is 42.2 Å². The molecule has 24 heavy (non-hydrogen) atoms. The molecule has 1 unspecified atom stereocenters. The Morgan fingerprint density at radius 1 is 1.04 bits per heavy atom. The Morgan fingerprint density at radius 2 is 1.67 bits per heavy atom. The third-order valence-corrected chi connectivity index (χ3v) is 3.43. The minimum atomic E-state index is -0.591. The molecule has 0 bridgehead atoms. The summed E-state index contributed by atoms with van der Waals surface area (Å²) in [6, 6.07) is 10.9. The van der Waals surface area contributed by atoms with Crippen LogP contribution in [0.15, 0.2) is 36.4 Å². The molecule has 128 valence electrons. The molecule has 0 fully saturated rings. The molecule has 0 spiro atoms. The Balaban J connectivity index is 0.000000185. The van der Waals surface area contributed by atoms with Gasteiger partial charge in [-0.3, -0.25) is 0 Å². The number of nitrogen functional groups attached to an aromatic ring is 2. The minimum absolute atomic E-state index is 0.505. The highest BCUT2D eigenvalue weighted by molar-refractivity contribution is 5.81. The van der Waals surface area contributed by atoms with Gasteiger partial charge in [0.1, 0.15) is 28.9 Å². The lowest BCUT2D eigenvalue weighted by atomic mass is 10.2. The van der Waals surface area contributed by atoms with Crippen LogP contribution in [0.2, 0.25) is 0 Å². The number of aromatic nitrogens is 2. The Kier molecular flexibility index (Phi) is 5.49. The number of anilines is 2. The molecule has 6 N–H and O–H groups in total. The maximum Gasteiger partial charge on any atom is 0.146 e. The van der Waals surface area contributed by atoms with Crippen molar-refractivity contribution in [1.82, 2.24) is 9.97 Å². The zero-order chi connectivity index (χ0) is 17.7. The first-order valence-corrected chi connectivity index (χ1v) is 7.36. The highest BCUT2D eigenvalue weighted by Gasteiger charge is 2.10. The van der Waals surface area contributed by atoms with Crippen LogP contribution in [0.5, 0.6) is 11.5 Å². The third kappa shape index (κ3) is 3.69. The number of aliphatic hydroxyl groups excluding tert-OH is 1. The largest absolute Gasteiger partial charge is 0.495 e. The van der Waals surface area contributed by atoms with Gasteiger partial charge in [0, 0.05) is 0 Å². The molecule has 3 rings (SSSR count). The van der Waals surface area contributed by atoms with Crippen LogP contribution in [-0.4, -0.2) is 29.3 Å². The molecule has 0 aliphatic rings. The van der Waals surface area contributed by atoms with E-state index in [0.29, 0.717) is 28.7 Å². The molecule has 1 aromatic heterocycles. The van der Waals surface area contributed by atoms with E-state index in [9.17, 15) is 5.11 Å². The first kappa shape index (κ1) is 17.4. The first-order chi connectivity index (χ1) is 11.5. The van der Waals surface area contributed by atoms with Crippen molar-refractivity contribution in [2.75, 3.05) is 25.7 Å². The average molecular weight is 330 g/mol. The van der Waals surface area contributed by atoms with Crippen LogP contribution in [-0.2, 0) is 0 Å². The number of para-hydroxylation sites is 2. The van der Waals surface area contributed by atoms with Crippen LogP contribution in [0.1, 0.15) is 18.9 Å². The van der Waals surface area contributed by atoms with Crippen molar-refractivity contribution in [3.63, 3.8) is 0 Å². The van der Waals surface area contributed by atoms with E-state index in [1.807, 2.05) is 18.2 Å². The lowest BCUT2D eigenvalue weighted by Gasteiger charge is -2.04. The van der Waals surface area contributed by atoms with E-state index in [4.69, 9.17) is 20.9 Å². The smallest absolute Gasteiger partial charge is 0.146 e. The molecule has 1 heterocycles. The van der Waals surface area contributed by atoms with Crippen LogP contribution in [0.3, 0.4) is 0 Å². The zero-order valence-electron chi connectivity index (χ0n) is 13.9. The van der Waals surface area contributed by atoms with E-state index in [2.05, 4.69) is 9.97 Å². The summed E-state index contributed by atoms with van der Waals surface area (Å²) in [5, 5.41) is 9.35. The van der Waals surface area contributed by atoms with Gasteiger partial charge in [-0.1, -0.05) is 12.1 Å². The van der Waals surface area contributed by atoms with Gasteiger partial charge in [-0.2, -0.15) is 0 Å². The second-order valence-corrected chi connectivity index (χ2v) is 5.12. The van der Waals surface area contributed by atoms with Crippen LogP contribution in [0.25, 0.3) is 11.0 Å². The van der Waals surface area contributed by atoms with Crippen molar-refractivity contribution >= 4 is 22.4 Å². The van der Waals surface area contributed by atoms with Crippen molar-refractivity contribution in [1.29, 1.82) is 0 Å². The summed E-state index contributed by atoms with van der Waals surface area (Å²) in [5.41, 5.74) is 13.7. The molecule has 0 amide bonds. The van der Waals surface area contributed by atoms with E-state index in [1.165, 1.54) is 0 Å². The number of benzene rings is 2. The number of imidazole rings is 1. The Morgan fingerprint density at radius 3 is 2.25 bits per heavy atom. The number of H-pyrrole nitrogens is 1. The van der Waals surface area contributed by atoms with Gasteiger partial charge < -0.3 is 31.0 Å². The monoisotopic (exact) mass is 330 g/mol. The normalized spacial score (nSPS) is 11.5. The molecule has 0 radical (unpaired) electrons. The Hall–Kier alpha value is -2.93. The van der Waals surface area contributed by atoms with Crippen LogP contribution < -0.4 is 20.9 Å². The molecule has 3 aromatic rings. The molecule has 0 aliphatic heterocycles. The van der Waals surface area contributed by atoms with Gasteiger partial charge in [0.05, 0.1) is 31.1 Å². The van der Waals surface area contributed by atoms with Crippen molar-refractivity contribution < 1.29 is 14.6 Å². The van der Waals surface area contributed by atoms with E-state index < -0.39 is 6.10 Å². The molecule has 2 aromatic carbocycles. The molecule has 1 atom stereocenters. The van der Waals surface area contributed by atoms with Crippen molar-refractivity contribution in [2.24, 2.45) is 0 Å². The summed E-state index contributed by atoms with van der Waals surface area (Å²) < 4.78 is 10.1. The fourth-order valence-electron chi connectivity index (χ4n) is 2.13. The zero-order valence-corrected chi connectivity index (χ0v) is 13.9. The summed E-state index contributed by atoms with van der Waals surface area (Å²) in [7, 11) is 3.16. The number of hydrogen-bond donors (Lipinski definition) is 4. The van der Waals surface area contributed by atoms with E-state index in [0.717, 1.165) is 11.0 Å². The quantitative estimate of drug-likeness (QED) is 0.548. The minimum Gasteiger partial charge on any atom is -0.495 e. The average Bonchev–Trinajstić information content (AvgIpc) is 3.02. The molecule has 0 saturated carbocycles. The number of ether oxygens (including phenoxy) is 2. The second kappa shape index (κ2) is 7.56. The topological polar surface area (TPSA) is 119 Å². The fourth-order valence-corrected chi connectivity index (χ4v) is 2.13. The van der Waals surface area contributed by atoms with Gasteiger partial charge in [-0.15, -0.1) is 0 Å². The number of hydrogen-bond acceptors (Lipinski definition) is 6. The van der Waals surface area contributed by atoms with Gasteiger partial charge in [-0.05, 0) is 31.2 Å². The summed E-state index contributed by atoms with van der Waals surface area (Å²) in [5.74, 6) is 1.90. The SMILES string of the molecule is COc1cccc(N)c1N.COc1cccc2[nH]c(C(C)O)nc12. The third-order valence-electron chi connectivity index (χ3n) is 3.43. The number of fused-ring (bicyclic) bond motifs is 1. The molecular formula is C17H22N4O3. The highest BCUT2D eigenvalue weighted by Crippen LogP contribution is 2.26. The van der Waals surface area contributed by atoms with Gasteiger partial charge in [0.25, 0.3) is 0 Å². The number of methoxy groups -OCH3 is 2. The predicted molar refractivity (Wildman–Crippen MR) is 95.1 cm³/mol. The molecule has 0 saturated heterocycles. The number of nitrogens with two attached hydrogens (primary N) is 2. The van der Waals surface area contributed by atoms with E-state index >= 15 is 0 Å². The van der Waals surface area contributed by atoms with Gasteiger partial charge in [0.2, 0.25) is 0 Å². The van der Waals surface area contributed by atoms with Gasteiger partial charge in [0.15, 0.2) is 0 Å². The fraction of sp³-hybridized carbons (Fsp3) is 0.235. The number of nitrogens with one attached hydrogen (secondary N) is 1. The van der Waals surface area contributed by atoms with Crippen LogP contribution in [0.4, 0.5) is 11.4 Å². The molecule has 7 heteroatoms. The molecule has 0 aliphatic carbocycles. The number of aromatic amines is 1. The van der Waals surface area contributed by atoms with Crippen LogP contribution >= 0.6 is 0 Å². The van der Waals surface area contributed by atoms with Crippen LogP contribution in [0, 0.1) is 0 Å². The lowest BCUT2D eigenvalue weighted by molar-refractivity contribution is 0.190. The summed E-state index contributed by atoms with van der Waals surface area (Å²) in [4.78, 5) is 7.28. The maximum atomic E-state index is 9.35. The van der Waals surface area contributed by atoms with Gasteiger partial charge in [-0.25, -0.2) is 4.98 Å². The summed E-state index contributed by atoms with van der Waals surface area (Å²) in [6.07, 6.45) is -0.591. The highest BCUT2D eigenvalue weighted by atomic mass is 16.5. The summed E-state index contributed by atoms with van der Waals surface area (Å²) in [6.45, 7) is 1.67. The van der Waals surface area contributed by atoms with E-state index in [-0.39, 0.29) is 0 Å². The number of rotatable bonds is 3. The second-order valence-electron chi connectivity index (χ2n) is 5.12. The molecule has 7 nitrogen and oxygen atoms in total. The number of aliphatic hydroxyl groups is 1. The van der Waals surface area contributed by atoms with E-state index in [1.54, 1.807) is 39.3 Å². The summed E-state index contributed by atoms with van der Waals surface area (Å²) >= 11 is 0. The predicted octanol–water partition coefficient (Wildman–Crippen LogP) is 2.48. The van der Waals surface area contributed by atoms with Gasteiger partial charge >= 0.3 is 0 Å². The standard InChI is InChI=1S/C10H12N2O2.C7H10N2O/c1-6(13)10-11-7-4-3-5-8(14-2)9(7)12-10;1-10-6-4-2-3-5(8)7(6)9/h3-6,13H,1-2H3,(H,11,12);2-4H,8-9H2,1H3. The van der Waals surface area contributed by atoms with Crippen molar-refractivity contribution in [2.45, 2.75) is 13.0 Å². The first-order valence-electron chi connectivity index (χ1n) is 7.36. The molecular weight excluding hydrogens is 308 g/mol. The van der Waals surface area contributed by atoms with Crippen molar-refractivity contribution in [3.8, 4) is 11.5 Å². The lowest BCUT2D eigenvalue weighted by Crippen LogP contribution is -1.97.